The Balaban J connectivity index is 1.48. The lowest BCUT2D eigenvalue weighted by Gasteiger charge is -2.13. The second-order valence-corrected chi connectivity index (χ2v) is 5.81. The SMILES string of the molecule is O=C(CCCc1ccccc1F)Nc1ccc(N2CCOC2=O)cc1. The number of rotatable bonds is 6. The standard InChI is InChI=1S/C19H19FN2O3/c20-17-6-2-1-4-14(17)5-3-7-18(23)21-15-8-10-16(11-9-15)22-12-13-25-19(22)24/h1-2,4,6,8-11H,3,5,7,12-13H2,(H,21,23). The Kier molecular flexibility index (Phi) is 5.28. The molecule has 0 radical (unpaired) electrons. The number of hydrogen-bond acceptors (Lipinski definition) is 3. The van der Waals surface area contributed by atoms with Gasteiger partial charge in [-0.25, -0.2) is 9.18 Å². The highest BCUT2D eigenvalue weighted by Gasteiger charge is 2.23. The first-order chi connectivity index (χ1) is 12.1. The fourth-order valence-corrected chi connectivity index (χ4v) is 2.72. The van der Waals surface area contributed by atoms with Gasteiger partial charge in [-0.2, -0.15) is 0 Å². The maximum atomic E-state index is 13.5. The number of hydrogen-bond donors (Lipinski definition) is 1. The van der Waals surface area contributed by atoms with Crippen molar-refractivity contribution in [2.75, 3.05) is 23.4 Å². The first kappa shape index (κ1) is 17.0. The van der Waals surface area contributed by atoms with E-state index in [0.29, 0.717) is 43.7 Å². The summed E-state index contributed by atoms with van der Waals surface area (Å²) < 4.78 is 18.4. The van der Waals surface area contributed by atoms with E-state index in [-0.39, 0.29) is 17.8 Å². The Morgan fingerprint density at radius 2 is 1.92 bits per heavy atom. The molecule has 2 aromatic carbocycles. The van der Waals surface area contributed by atoms with Crippen LogP contribution in [0.2, 0.25) is 0 Å². The predicted molar refractivity (Wildman–Crippen MR) is 93.1 cm³/mol. The van der Waals surface area contributed by atoms with Gasteiger partial charge in [-0.3, -0.25) is 9.69 Å². The number of benzene rings is 2. The van der Waals surface area contributed by atoms with Gasteiger partial charge in [-0.1, -0.05) is 18.2 Å². The van der Waals surface area contributed by atoms with Gasteiger partial charge in [-0.05, 0) is 48.7 Å². The van der Waals surface area contributed by atoms with Gasteiger partial charge < -0.3 is 10.1 Å². The maximum Gasteiger partial charge on any atom is 0.414 e. The molecule has 1 heterocycles. The van der Waals surface area contributed by atoms with Gasteiger partial charge >= 0.3 is 6.09 Å². The molecule has 25 heavy (non-hydrogen) atoms. The summed E-state index contributed by atoms with van der Waals surface area (Å²) in [5, 5.41) is 2.80. The molecular weight excluding hydrogens is 323 g/mol. The van der Waals surface area contributed by atoms with Crippen LogP contribution in [0, 0.1) is 5.82 Å². The van der Waals surface area contributed by atoms with Crippen LogP contribution in [0.5, 0.6) is 0 Å². The van der Waals surface area contributed by atoms with E-state index < -0.39 is 0 Å². The largest absolute Gasteiger partial charge is 0.447 e. The first-order valence-corrected chi connectivity index (χ1v) is 8.21. The molecule has 0 atom stereocenters. The van der Waals surface area contributed by atoms with Gasteiger partial charge in [-0.15, -0.1) is 0 Å². The van der Waals surface area contributed by atoms with E-state index in [2.05, 4.69) is 5.32 Å². The maximum absolute atomic E-state index is 13.5. The van der Waals surface area contributed by atoms with Gasteiger partial charge in [0.2, 0.25) is 5.91 Å². The molecule has 1 N–H and O–H groups in total. The summed E-state index contributed by atoms with van der Waals surface area (Å²) in [6, 6.07) is 13.6. The molecule has 0 saturated carbocycles. The second-order valence-electron chi connectivity index (χ2n) is 5.81. The molecule has 6 heteroatoms. The quantitative estimate of drug-likeness (QED) is 0.870. The van der Waals surface area contributed by atoms with Crippen LogP contribution in [-0.4, -0.2) is 25.2 Å². The molecule has 3 rings (SSSR count). The minimum Gasteiger partial charge on any atom is -0.447 e. The zero-order chi connectivity index (χ0) is 17.6. The van der Waals surface area contributed by atoms with Gasteiger partial charge in [0.1, 0.15) is 12.4 Å². The number of ether oxygens (including phenoxy) is 1. The van der Waals surface area contributed by atoms with Crippen molar-refractivity contribution in [3.05, 3.63) is 59.9 Å². The summed E-state index contributed by atoms with van der Waals surface area (Å²) in [5.74, 6) is -0.358. The van der Waals surface area contributed by atoms with Gasteiger partial charge in [0.25, 0.3) is 0 Å². The Hall–Kier alpha value is -2.89. The number of carbonyl (C=O) groups is 2. The third-order valence-corrected chi connectivity index (χ3v) is 4.03. The van der Waals surface area contributed by atoms with Crippen LogP contribution < -0.4 is 10.2 Å². The number of carbonyl (C=O) groups excluding carboxylic acids is 2. The Labute approximate surface area is 145 Å². The van der Waals surface area contributed by atoms with Crippen molar-refractivity contribution in [2.45, 2.75) is 19.3 Å². The van der Waals surface area contributed by atoms with E-state index >= 15 is 0 Å². The normalized spacial score (nSPS) is 13.6. The van der Waals surface area contributed by atoms with E-state index in [1.54, 1.807) is 47.4 Å². The molecule has 0 spiro atoms. The van der Waals surface area contributed by atoms with Crippen molar-refractivity contribution in [3.8, 4) is 0 Å². The minimum absolute atomic E-state index is 0.121. The topological polar surface area (TPSA) is 58.6 Å². The van der Waals surface area contributed by atoms with Crippen LogP contribution in [0.3, 0.4) is 0 Å². The summed E-state index contributed by atoms with van der Waals surface area (Å²) >= 11 is 0. The van der Waals surface area contributed by atoms with Gasteiger partial charge in [0, 0.05) is 17.8 Å². The van der Waals surface area contributed by atoms with Crippen LogP contribution in [0.15, 0.2) is 48.5 Å². The lowest BCUT2D eigenvalue weighted by atomic mass is 10.1. The molecule has 1 saturated heterocycles. The molecule has 130 valence electrons. The van der Waals surface area contributed by atoms with Crippen molar-refractivity contribution in [1.29, 1.82) is 0 Å². The highest BCUT2D eigenvalue weighted by molar-refractivity contribution is 5.92. The van der Waals surface area contributed by atoms with E-state index in [0.717, 1.165) is 5.69 Å². The zero-order valence-electron chi connectivity index (χ0n) is 13.7. The molecule has 0 bridgehead atoms. The minimum atomic E-state index is -0.357. The monoisotopic (exact) mass is 342 g/mol. The highest BCUT2D eigenvalue weighted by atomic mass is 19.1. The summed E-state index contributed by atoms with van der Waals surface area (Å²) in [7, 11) is 0. The molecule has 2 amide bonds. The molecule has 5 nitrogen and oxygen atoms in total. The average Bonchev–Trinajstić information content (AvgIpc) is 3.03. The van der Waals surface area contributed by atoms with Crippen molar-refractivity contribution < 1.29 is 18.7 Å². The van der Waals surface area contributed by atoms with E-state index in [4.69, 9.17) is 4.74 Å². The van der Waals surface area contributed by atoms with Crippen LogP contribution in [0.4, 0.5) is 20.6 Å². The molecule has 0 aliphatic carbocycles. The number of cyclic esters (lactones) is 1. The first-order valence-electron chi connectivity index (χ1n) is 8.21. The van der Waals surface area contributed by atoms with Crippen LogP contribution in [0.25, 0.3) is 0 Å². The predicted octanol–water partition coefficient (Wildman–Crippen LogP) is 3.74. The molecule has 2 aromatic rings. The Morgan fingerprint density at radius 1 is 1.16 bits per heavy atom. The molecule has 1 aliphatic heterocycles. The molecule has 0 unspecified atom stereocenters. The van der Waals surface area contributed by atoms with Crippen molar-refractivity contribution in [2.24, 2.45) is 0 Å². The summed E-state index contributed by atoms with van der Waals surface area (Å²) in [6.45, 7) is 0.917. The number of nitrogens with zero attached hydrogens (tertiary/aromatic N) is 1. The van der Waals surface area contributed by atoms with E-state index in [1.807, 2.05) is 0 Å². The number of nitrogens with one attached hydrogen (secondary N) is 1. The van der Waals surface area contributed by atoms with Gasteiger partial charge in [0.15, 0.2) is 0 Å². The van der Waals surface area contributed by atoms with E-state index in [1.165, 1.54) is 6.07 Å². The fourth-order valence-electron chi connectivity index (χ4n) is 2.72. The van der Waals surface area contributed by atoms with Gasteiger partial charge in [0.05, 0.1) is 6.54 Å². The lowest BCUT2D eigenvalue weighted by molar-refractivity contribution is -0.116. The summed E-state index contributed by atoms with van der Waals surface area (Å²) in [5.41, 5.74) is 2.02. The van der Waals surface area contributed by atoms with Crippen molar-refractivity contribution >= 4 is 23.4 Å². The van der Waals surface area contributed by atoms with Crippen LogP contribution in [-0.2, 0) is 16.0 Å². The molecule has 0 aromatic heterocycles. The molecular formula is C19H19FN2O3. The number of aryl methyl sites for hydroxylation is 1. The molecule has 1 aliphatic rings. The number of halogens is 1. The second kappa shape index (κ2) is 7.79. The fraction of sp³-hybridized carbons (Fsp3) is 0.263. The van der Waals surface area contributed by atoms with Crippen molar-refractivity contribution in [1.82, 2.24) is 0 Å². The zero-order valence-corrected chi connectivity index (χ0v) is 13.7. The number of anilines is 2. The Bertz CT molecular complexity index is 762. The Morgan fingerprint density at radius 3 is 2.60 bits per heavy atom. The molecule has 1 fully saturated rings. The van der Waals surface area contributed by atoms with E-state index in [9.17, 15) is 14.0 Å². The van der Waals surface area contributed by atoms with Crippen molar-refractivity contribution in [3.63, 3.8) is 0 Å². The summed E-state index contributed by atoms with van der Waals surface area (Å²) in [4.78, 5) is 25.0. The third kappa shape index (κ3) is 4.35. The summed E-state index contributed by atoms with van der Waals surface area (Å²) in [6.07, 6.45) is 1.06. The van der Waals surface area contributed by atoms with Crippen LogP contribution >= 0.6 is 0 Å². The smallest absolute Gasteiger partial charge is 0.414 e. The highest BCUT2D eigenvalue weighted by Crippen LogP contribution is 2.21. The van der Waals surface area contributed by atoms with Crippen LogP contribution in [0.1, 0.15) is 18.4 Å². The lowest BCUT2D eigenvalue weighted by Crippen LogP contribution is -2.23. The third-order valence-electron chi connectivity index (χ3n) is 4.03. The number of amides is 2. The average molecular weight is 342 g/mol.